The van der Waals surface area contributed by atoms with Gasteiger partial charge in [-0.2, -0.15) is 8.42 Å². The monoisotopic (exact) mass is 846 g/mol. The maximum Gasteiger partial charge on any atom is 0.397 e. The van der Waals surface area contributed by atoms with E-state index in [0.717, 1.165) is 57.8 Å². The van der Waals surface area contributed by atoms with Gasteiger partial charge < -0.3 is 40.3 Å². The predicted octanol–water partition coefficient (Wildman–Crippen LogP) is 7.07. The molecule has 0 radical (unpaired) electrons. The van der Waals surface area contributed by atoms with Gasteiger partial charge in [-0.1, -0.05) is 140 Å². The SMILES string of the molecule is CCCCC/C=C\CCCCCCC(O)C(=O)NC(COC1OC(CO)C(O)C(OS(=O)(=O)O)C1O)C(O)/C=C/CC/C=C/CC/C=C/CCCCCCCCCC. The van der Waals surface area contributed by atoms with Gasteiger partial charge in [-0.05, 0) is 70.6 Å². The highest BCUT2D eigenvalue weighted by Crippen LogP contribution is 2.26. The average Bonchev–Trinajstić information content (AvgIpc) is 3.19. The molecule has 8 unspecified atom stereocenters. The highest BCUT2D eigenvalue weighted by molar-refractivity contribution is 7.80. The van der Waals surface area contributed by atoms with Crippen molar-refractivity contribution in [3.05, 3.63) is 48.6 Å². The molecule has 0 saturated carbocycles. The molecule has 0 spiro atoms. The van der Waals surface area contributed by atoms with Gasteiger partial charge in [0.25, 0.3) is 0 Å². The number of ether oxygens (including phenoxy) is 2. The van der Waals surface area contributed by atoms with Crippen LogP contribution in [0.2, 0.25) is 0 Å². The van der Waals surface area contributed by atoms with Gasteiger partial charge in [-0.25, -0.2) is 4.18 Å². The number of aliphatic hydroxyl groups is 5. The lowest BCUT2D eigenvalue weighted by atomic mass is 9.99. The lowest BCUT2D eigenvalue weighted by Gasteiger charge is -2.41. The second kappa shape index (κ2) is 34.7. The van der Waals surface area contributed by atoms with Crippen LogP contribution in [0.1, 0.15) is 162 Å². The van der Waals surface area contributed by atoms with Gasteiger partial charge >= 0.3 is 10.4 Å². The average molecular weight is 846 g/mol. The molecule has 0 aromatic heterocycles. The molecule has 1 aliphatic heterocycles. The summed E-state index contributed by atoms with van der Waals surface area (Å²) < 4.78 is 47.4. The smallest absolute Gasteiger partial charge is 0.394 e. The molecule has 338 valence electrons. The van der Waals surface area contributed by atoms with E-state index in [1.54, 1.807) is 6.08 Å². The zero-order valence-corrected chi connectivity index (χ0v) is 36.3. The first kappa shape index (κ1) is 54.0. The maximum atomic E-state index is 13.0. The Labute approximate surface area is 350 Å². The van der Waals surface area contributed by atoms with Crippen LogP contribution in [-0.2, 0) is 28.9 Å². The number of unbranched alkanes of at least 4 members (excludes halogenated alkanes) is 17. The first-order valence-electron chi connectivity index (χ1n) is 22.1. The lowest BCUT2D eigenvalue weighted by Crippen LogP contribution is -2.61. The number of hydrogen-bond donors (Lipinski definition) is 7. The van der Waals surface area contributed by atoms with Crippen LogP contribution in [0.15, 0.2) is 48.6 Å². The van der Waals surface area contributed by atoms with E-state index < -0.39 is 78.5 Å². The first-order valence-corrected chi connectivity index (χ1v) is 23.5. The molecule has 0 aromatic carbocycles. The van der Waals surface area contributed by atoms with Gasteiger partial charge in [-0.15, -0.1) is 0 Å². The molecule has 13 nitrogen and oxygen atoms in total. The van der Waals surface area contributed by atoms with Gasteiger partial charge in [0, 0.05) is 0 Å². The number of allylic oxidation sites excluding steroid dienone is 7. The van der Waals surface area contributed by atoms with Crippen molar-refractivity contribution < 1.29 is 57.0 Å². The molecule has 1 fully saturated rings. The third-order valence-corrected chi connectivity index (χ3v) is 10.6. The number of aliphatic hydroxyl groups excluding tert-OH is 5. The largest absolute Gasteiger partial charge is 0.397 e. The number of carbonyl (C=O) groups excluding carboxylic acids is 1. The second-order valence-corrected chi connectivity index (χ2v) is 16.4. The lowest BCUT2D eigenvalue weighted by molar-refractivity contribution is -0.298. The van der Waals surface area contributed by atoms with E-state index >= 15 is 0 Å². The van der Waals surface area contributed by atoms with E-state index in [-0.39, 0.29) is 6.42 Å². The van der Waals surface area contributed by atoms with Gasteiger partial charge in [0.2, 0.25) is 5.91 Å². The van der Waals surface area contributed by atoms with Crippen LogP contribution in [0.25, 0.3) is 0 Å². The third-order valence-electron chi connectivity index (χ3n) is 10.2. The molecule has 0 aromatic rings. The van der Waals surface area contributed by atoms with Crippen LogP contribution < -0.4 is 5.32 Å². The van der Waals surface area contributed by atoms with Crippen molar-refractivity contribution in [3.8, 4) is 0 Å². The quantitative estimate of drug-likeness (QED) is 0.0192. The summed E-state index contributed by atoms with van der Waals surface area (Å²) in [5.74, 6) is -0.729. The normalized spacial score (nSPS) is 22.1. The number of carbonyl (C=O) groups is 1. The van der Waals surface area contributed by atoms with Crippen LogP contribution in [0.4, 0.5) is 0 Å². The topological polar surface area (TPSA) is 212 Å². The number of amides is 1. The summed E-state index contributed by atoms with van der Waals surface area (Å²) in [6.07, 6.45) is 29.2. The van der Waals surface area contributed by atoms with E-state index in [2.05, 4.69) is 59.8 Å². The molecule has 1 saturated heterocycles. The fourth-order valence-electron chi connectivity index (χ4n) is 6.60. The van der Waals surface area contributed by atoms with Crippen LogP contribution in [0.5, 0.6) is 0 Å². The highest BCUT2D eigenvalue weighted by atomic mass is 32.3. The summed E-state index contributed by atoms with van der Waals surface area (Å²) in [7, 11) is -5.12. The van der Waals surface area contributed by atoms with E-state index in [0.29, 0.717) is 12.8 Å². The number of rotatable bonds is 36. The third kappa shape index (κ3) is 27.0. The van der Waals surface area contributed by atoms with Crippen molar-refractivity contribution in [1.82, 2.24) is 5.32 Å². The van der Waals surface area contributed by atoms with Crippen molar-refractivity contribution >= 4 is 16.3 Å². The van der Waals surface area contributed by atoms with Gasteiger partial charge in [0.05, 0.1) is 25.4 Å². The van der Waals surface area contributed by atoms with Crippen molar-refractivity contribution in [2.45, 2.75) is 210 Å². The Morgan fingerprint density at radius 2 is 1.16 bits per heavy atom. The molecular formula is C44H79NO12S. The predicted molar refractivity (Wildman–Crippen MR) is 228 cm³/mol. The minimum atomic E-state index is -5.12. The summed E-state index contributed by atoms with van der Waals surface area (Å²) in [6, 6.07) is -1.15. The van der Waals surface area contributed by atoms with Crippen LogP contribution >= 0.6 is 0 Å². The first-order chi connectivity index (χ1) is 27.9. The van der Waals surface area contributed by atoms with Crippen molar-refractivity contribution in [2.24, 2.45) is 0 Å². The summed E-state index contributed by atoms with van der Waals surface area (Å²) in [5, 5.41) is 55.0. The van der Waals surface area contributed by atoms with Gasteiger partial charge in [0.15, 0.2) is 6.29 Å². The number of hydrogen-bond acceptors (Lipinski definition) is 11. The summed E-state index contributed by atoms with van der Waals surface area (Å²) in [6.45, 7) is 3.13. The fourth-order valence-corrected chi connectivity index (χ4v) is 7.11. The van der Waals surface area contributed by atoms with E-state index in [1.807, 2.05) is 0 Å². The van der Waals surface area contributed by atoms with Crippen molar-refractivity contribution in [1.29, 1.82) is 0 Å². The Morgan fingerprint density at radius 1 is 0.690 bits per heavy atom. The summed E-state index contributed by atoms with van der Waals surface area (Å²) in [5.41, 5.74) is 0. The summed E-state index contributed by atoms with van der Waals surface area (Å²) >= 11 is 0. The Kier molecular flexibility index (Phi) is 32.3. The molecular weight excluding hydrogens is 767 g/mol. The Balaban J connectivity index is 2.67. The Morgan fingerprint density at radius 3 is 1.69 bits per heavy atom. The van der Waals surface area contributed by atoms with Crippen LogP contribution in [-0.4, -0.2) is 107 Å². The summed E-state index contributed by atoms with van der Waals surface area (Å²) in [4.78, 5) is 13.0. The molecule has 1 rings (SSSR count). The molecule has 8 atom stereocenters. The van der Waals surface area contributed by atoms with Gasteiger partial charge in [-0.3, -0.25) is 9.35 Å². The molecule has 0 bridgehead atoms. The maximum absolute atomic E-state index is 13.0. The molecule has 1 amide bonds. The zero-order chi connectivity index (χ0) is 42.9. The molecule has 1 aliphatic rings. The van der Waals surface area contributed by atoms with E-state index in [4.69, 9.17) is 14.0 Å². The molecule has 58 heavy (non-hydrogen) atoms. The van der Waals surface area contributed by atoms with Gasteiger partial charge in [0.1, 0.15) is 30.5 Å². The van der Waals surface area contributed by atoms with Crippen molar-refractivity contribution in [2.75, 3.05) is 13.2 Å². The molecule has 14 heteroatoms. The minimum absolute atomic E-state index is 0.217. The molecule has 1 heterocycles. The molecule has 7 N–H and O–H groups in total. The van der Waals surface area contributed by atoms with E-state index in [9.17, 15) is 38.7 Å². The number of nitrogens with one attached hydrogen (secondary N) is 1. The van der Waals surface area contributed by atoms with E-state index in [1.165, 1.54) is 76.7 Å². The Bertz CT molecular complexity index is 1240. The fraction of sp³-hybridized carbons (Fsp3) is 0.795. The minimum Gasteiger partial charge on any atom is -0.394 e. The highest BCUT2D eigenvalue weighted by Gasteiger charge is 2.48. The van der Waals surface area contributed by atoms with Crippen molar-refractivity contribution in [3.63, 3.8) is 0 Å². The standard InChI is InChI=1S/C44H79NO12S/c1-3-5-7-9-11-13-15-16-17-18-19-20-21-23-24-26-28-30-32-37(47)36(35-55-44-41(50)42(57-58(52,53)54)40(49)39(34-46)56-44)45-43(51)38(48)33-31-29-27-25-22-14-12-10-8-6-4-2/h12,14,18-19,23-24,30,32,36-42,44,46-50H,3-11,13,15-17,20-22,25-29,31,33-35H2,1-2H3,(H,45,51)(H,52,53,54)/b14-12-,19-18+,24-23+,32-30+. The van der Waals surface area contributed by atoms with Crippen LogP contribution in [0.3, 0.4) is 0 Å². The molecule has 0 aliphatic carbocycles. The van der Waals surface area contributed by atoms with Crippen LogP contribution in [0, 0.1) is 0 Å². The Hall–Kier alpha value is -1.98. The zero-order valence-electron chi connectivity index (χ0n) is 35.5. The second-order valence-electron chi connectivity index (χ2n) is 15.4.